The average Bonchev–Trinajstić information content (AvgIpc) is 3.61. The van der Waals surface area contributed by atoms with Crippen molar-refractivity contribution in [3.8, 4) is 44.5 Å². The summed E-state index contributed by atoms with van der Waals surface area (Å²) < 4.78 is 2.66. The first-order valence-electron chi connectivity index (χ1n) is 14.9. The molecule has 8 aromatic carbocycles. The van der Waals surface area contributed by atoms with Crippen LogP contribution in [-0.4, -0.2) is 0 Å². The molecule has 1 aliphatic rings. The lowest BCUT2D eigenvalue weighted by molar-refractivity contribution is 1.69. The molecule has 0 N–H and O–H groups in total. The Balaban J connectivity index is 1.25. The smallest absolute Gasteiger partial charge is 0.0361 e. The molecular formula is C42H24S. The Bertz CT molecular complexity index is 2590. The predicted molar refractivity (Wildman–Crippen MR) is 187 cm³/mol. The van der Waals surface area contributed by atoms with E-state index in [-0.39, 0.29) is 0 Å². The summed E-state index contributed by atoms with van der Waals surface area (Å²) >= 11 is 1.89. The molecule has 43 heavy (non-hydrogen) atoms. The van der Waals surface area contributed by atoms with Crippen LogP contribution in [0, 0.1) is 0 Å². The number of hydrogen-bond acceptors (Lipinski definition) is 1. The standard InChI is InChI=1S/C42H24S/c1-2-10-27-25(9-1)23-37(31-14-6-3-11-28(27)31)26-19-22-39-38(24-26)42-35(17-8-18-40(42)43-39)32-20-21-36-30-13-5-4-12-29(30)33-15-7-16-34(32)41(33)36/h1-24H. The SMILES string of the molecule is c1ccc2c(c1)-c1cccc3c(-c4cccc5sc6ccc(-c7cc8ccccc8c8ccccc78)cc6c45)ccc-2c13. The monoisotopic (exact) mass is 560 g/mol. The maximum Gasteiger partial charge on any atom is 0.0361 e. The molecule has 0 atom stereocenters. The summed E-state index contributed by atoms with van der Waals surface area (Å²) in [6.45, 7) is 0. The summed E-state index contributed by atoms with van der Waals surface area (Å²) in [5.74, 6) is 0. The van der Waals surface area contributed by atoms with E-state index in [0.29, 0.717) is 0 Å². The molecule has 9 aromatic rings. The van der Waals surface area contributed by atoms with Crippen LogP contribution in [0.25, 0.3) is 97.0 Å². The lowest BCUT2D eigenvalue weighted by atomic mass is 9.90. The van der Waals surface area contributed by atoms with Crippen LogP contribution in [-0.2, 0) is 0 Å². The van der Waals surface area contributed by atoms with Crippen molar-refractivity contribution in [2.45, 2.75) is 0 Å². The molecule has 1 heterocycles. The third-order valence-corrected chi connectivity index (χ3v) is 10.5. The second-order valence-corrected chi connectivity index (χ2v) is 12.7. The van der Waals surface area contributed by atoms with Crippen molar-refractivity contribution in [3.05, 3.63) is 146 Å². The normalized spacial score (nSPS) is 12.2. The second-order valence-electron chi connectivity index (χ2n) is 11.6. The topological polar surface area (TPSA) is 0 Å². The third kappa shape index (κ3) is 3.20. The van der Waals surface area contributed by atoms with E-state index in [9.17, 15) is 0 Å². The summed E-state index contributed by atoms with van der Waals surface area (Å²) in [4.78, 5) is 0. The first-order chi connectivity index (χ1) is 21.3. The Labute approximate surface area is 253 Å². The van der Waals surface area contributed by atoms with E-state index >= 15 is 0 Å². The van der Waals surface area contributed by atoms with Gasteiger partial charge >= 0.3 is 0 Å². The molecule has 0 fully saturated rings. The molecule has 1 heteroatoms. The minimum atomic E-state index is 1.26. The maximum absolute atomic E-state index is 2.43. The molecular weight excluding hydrogens is 537 g/mol. The van der Waals surface area contributed by atoms with Crippen LogP contribution in [0.5, 0.6) is 0 Å². The van der Waals surface area contributed by atoms with Crippen molar-refractivity contribution in [1.82, 2.24) is 0 Å². The molecule has 0 unspecified atom stereocenters. The molecule has 0 radical (unpaired) electrons. The summed E-state index contributed by atoms with van der Waals surface area (Å²) in [6.07, 6.45) is 0. The zero-order chi connectivity index (χ0) is 28.1. The summed E-state index contributed by atoms with van der Waals surface area (Å²) in [7, 11) is 0. The maximum atomic E-state index is 2.43. The van der Waals surface area contributed by atoms with Gasteiger partial charge in [-0.15, -0.1) is 11.3 Å². The second kappa shape index (κ2) is 8.64. The van der Waals surface area contributed by atoms with Crippen molar-refractivity contribution in [1.29, 1.82) is 0 Å². The van der Waals surface area contributed by atoms with E-state index < -0.39 is 0 Å². The van der Waals surface area contributed by atoms with Gasteiger partial charge in [-0.3, -0.25) is 0 Å². The highest BCUT2D eigenvalue weighted by atomic mass is 32.1. The third-order valence-electron chi connectivity index (χ3n) is 9.41. The number of benzene rings is 8. The van der Waals surface area contributed by atoms with Gasteiger partial charge in [-0.25, -0.2) is 0 Å². The Morgan fingerprint density at radius 3 is 1.79 bits per heavy atom. The van der Waals surface area contributed by atoms with Gasteiger partial charge in [-0.2, -0.15) is 0 Å². The average molecular weight is 561 g/mol. The Hall–Kier alpha value is -5.24. The first-order valence-corrected chi connectivity index (χ1v) is 15.7. The van der Waals surface area contributed by atoms with Crippen molar-refractivity contribution in [3.63, 3.8) is 0 Å². The summed E-state index contributed by atoms with van der Waals surface area (Å²) in [6, 6.07) is 54.2. The molecule has 0 saturated carbocycles. The molecule has 0 bridgehead atoms. The predicted octanol–water partition coefficient (Wildman–Crippen LogP) is 12.5. The van der Waals surface area contributed by atoms with Gasteiger partial charge in [0.15, 0.2) is 0 Å². The van der Waals surface area contributed by atoms with Crippen LogP contribution < -0.4 is 0 Å². The first kappa shape index (κ1) is 23.3. The fraction of sp³-hybridized carbons (Fsp3) is 0. The number of hydrogen-bond donors (Lipinski definition) is 0. The van der Waals surface area contributed by atoms with Gasteiger partial charge in [-0.1, -0.05) is 121 Å². The Kier molecular flexibility index (Phi) is 4.69. The molecule has 0 nitrogen and oxygen atoms in total. The van der Waals surface area contributed by atoms with Crippen LogP contribution in [0.3, 0.4) is 0 Å². The van der Waals surface area contributed by atoms with Gasteiger partial charge in [0.05, 0.1) is 0 Å². The lowest BCUT2D eigenvalue weighted by Gasteiger charge is -2.13. The van der Waals surface area contributed by atoms with Gasteiger partial charge in [0.25, 0.3) is 0 Å². The van der Waals surface area contributed by atoms with Gasteiger partial charge in [0, 0.05) is 20.2 Å². The molecule has 10 rings (SSSR count). The number of thiophene rings is 1. The zero-order valence-electron chi connectivity index (χ0n) is 23.3. The zero-order valence-corrected chi connectivity index (χ0v) is 24.1. The highest BCUT2D eigenvalue weighted by Crippen LogP contribution is 2.51. The molecule has 1 aromatic heterocycles. The summed E-state index contributed by atoms with van der Waals surface area (Å²) in [5.41, 5.74) is 10.5. The van der Waals surface area contributed by atoms with E-state index in [1.807, 2.05) is 11.3 Å². The van der Waals surface area contributed by atoms with Crippen molar-refractivity contribution in [2.75, 3.05) is 0 Å². The quantitative estimate of drug-likeness (QED) is 0.184. The highest BCUT2D eigenvalue weighted by Gasteiger charge is 2.23. The Morgan fingerprint density at radius 1 is 0.302 bits per heavy atom. The van der Waals surface area contributed by atoms with Crippen LogP contribution in [0.2, 0.25) is 0 Å². The van der Waals surface area contributed by atoms with Crippen LogP contribution in [0.4, 0.5) is 0 Å². The molecule has 0 aliphatic heterocycles. The fourth-order valence-electron chi connectivity index (χ4n) is 7.56. The minimum Gasteiger partial charge on any atom is -0.135 e. The van der Waals surface area contributed by atoms with Crippen LogP contribution in [0.1, 0.15) is 0 Å². The molecule has 198 valence electrons. The molecule has 1 aliphatic carbocycles. The lowest BCUT2D eigenvalue weighted by Crippen LogP contribution is -1.86. The van der Waals surface area contributed by atoms with Gasteiger partial charge < -0.3 is 0 Å². The van der Waals surface area contributed by atoms with Crippen LogP contribution in [0.15, 0.2) is 146 Å². The summed E-state index contributed by atoms with van der Waals surface area (Å²) in [5, 5.41) is 10.6. The van der Waals surface area contributed by atoms with E-state index in [4.69, 9.17) is 0 Å². The fourth-order valence-corrected chi connectivity index (χ4v) is 8.67. The minimum absolute atomic E-state index is 1.26. The van der Waals surface area contributed by atoms with Crippen LogP contribution >= 0.6 is 11.3 Å². The van der Waals surface area contributed by atoms with E-state index in [1.165, 1.54) is 97.0 Å². The van der Waals surface area contributed by atoms with Crippen molar-refractivity contribution < 1.29 is 0 Å². The van der Waals surface area contributed by atoms with Crippen molar-refractivity contribution >= 4 is 63.8 Å². The van der Waals surface area contributed by atoms with E-state index in [1.54, 1.807) is 0 Å². The molecule has 0 spiro atoms. The van der Waals surface area contributed by atoms with Crippen molar-refractivity contribution in [2.24, 2.45) is 0 Å². The van der Waals surface area contributed by atoms with Gasteiger partial charge in [0.2, 0.25) is 0 Å². The highest BCUT2D eigenvalue weighted by molar-refractivity contribution is 7.26. The van der Waals surface area contributed by atoms with E-state index in [0.717, 1.165) is 0 Å². The largest absolute Gasteiger partial charge is 0.135 e. The van der Waals surface area contributed by atoms with E-state index in [2.05, 4.69) is 146 Å². The number of rotatable bonds is 2. The molecule has 0 saturated heterocycles. The molecule has 0 amide bonds. The number of fused-ring (bicyclic) bond motifs is 9. The van der Waals surface area contributed by atoms with Gasteiger partial charge in [0.1, 0.15) is 0 Å². The Morgan fingerprint density at radius 2 is 0.930 bits per heavy atom. The van der Waals surface area contributed by atoms with Gasteiger partial charge in [-0.05, 0) is 101 Å².